The minimum Gasteiger partial charge on any atom is -0.449 e. The highest BCUT2D eigenvalue weighted by atomic mass is 16.6. The molecule has 1 aliphatic heterocycles. The summed E-state index contributed by atoms with van der Waals surface area (Å²) in [6.07, 6.45) is -4.34. The Bertz CT molecular complexity index is 329. The molecule has 8 nitrogen and oxygen atoms in total. The van der Waals surface area contributed by atoms with E-state index in [1.165, 1.54) is 7.05 Å². The van der Waals surface area contributed by atoms with Gasteiger partial charge in [0, 0.05) is 0 Å². The fraction of sp³-hybridized carbons (Fsp3) is 0.667. The number of esters is 2. The van der Waals surface area contributed by atoms with Crippen molar-refractivity contribution in [2.75, 3.05) is 20.2 Å². The molecule has 0 saturated carbocycles. The van der Waals surface area contributed by atoms with Crippen LogP contribution >= 0.6 is 0 Å². The number of cyclic esters (lactones) is 1. The number of hydrogen-bond donors (Lipinski definition) is 3. The third-order valence-electron chi connectivity index (χ3n) is 2.15. The van der Waals surface area contributed by atoms with Crippen molar-refractivity contribution in [3.8, 4) is 0 Å². The average molecular weight is 247 g/mol. The summed E-state index contributed by atoms with van der Waals surface area (Å²) in [4.78, 5) is 33.5. The standard InChI is InChI=1S/C9H13NO7/c1-10-2-5(13)16-8-6(14)9(15)17-7(8)4(12)3-11/h4,7-8,10-12H,2-3H2,1H3/t4-,7+,8?/m0/s1. The molecule has 0 aliphatic carbocycles. The number of Topliss-reactive ketones (excluding diaryl/α,β-unsaturated/α-hetero) is 1. The molecule has 8 heteroatoms. The number of nitrogens with one attached hydrogen (secondary N) is 1. The Morgan fingerprint density at radius 2 is 2.24 bits per heavy atom. The third-order valence-corrected chi connectivity index (χ3v) is 2.15. The summed E-state index contributed by atoms with van der Waals surface area (Å²) in [6.45, 7) is -0.870. The number of ketones is 1. The van der Waals surface area contributed by atoms with Gasteiger partial charge >= 0.3 is 11.9 Å². The van der Waals surface area contributed by atoms with Crippen LogP contribution in [0.25, 0.3) is 0 Å². The Balaban J connectivity index is 2.74. The summed E-state index contributed by atoms with van der Waals surface area (Å²) in [5, 5.41) is 20.5. The van der Waals surface area contributed by atoms with Crippen molar-refractivity contribution in [1.82, 2.24) is 5.32 Å². The smallest absolute Gasteiger partial charge is 0.379 e. The summed E-state index contributed by atoms with van der Waals surface area (Å²) in [7, 11) is 1.50. The number of carbonyl (C=O) groups excluding carboxylic acids is 3. The second-order valence-electron chi connectivity index (χ2n) is 3.42. The number of ether oxygens (including phenoxy) is 2. The van der Waals surface area contributed by atoms with Crippen LogP contribution in [0.15, 0.2) is 0 Å². The van der Waals surface area contributed by atoms with E-state index < -0.39 is 42.6 Å². The van der Waals surface area contributed by atoms with Crippen molar-refractivity contribution in [1.29, 1.82) is 0 Å². The van der Waals surface area contributed by atoms with E-state index in [-0.39, 0.29) is 6.54 Å². The van der Waals surface area contributed by atoms with E-state index in [1.54, 1.807) is 0 Å². The normalized spacial score (nSPS) is 25.6. The highest BCUT2D eigenvalue weighted by Gasteiger charge is 2.49. The molecule has 1 aliphatic rings. The molecular weight excluding hydrogens is 234 g/mol. The molecule has 0 radical (unpaired) electrons. The van der Waals surface area contributed by atoms with Crippen LogP contribution in [-0.2, 0) is 23.9 Å². The maximum atomic E-state index is 11.3. The van der Waals surface area contributed by atoms with Crippen LogP contribution in [0.1, 0.15) is 0 Å². The van der Waals surface area contributed by atoms with Crippen molar-refractivity contribution in [3.05, 3.63) is 0 Å². The van der Waals surface area contributed by atoms with Gasteiger partial charge in [-0.2, -0.15) is 0 Å². The number of likely N-dealkylation sites (N-methyl/N-ethyl adjacent to an activating group) is 1. The Kier molecular flexibility index (Phi) is 4.55. The molecule has 0 aromatic rings. The first-order chi connectivity index (χ1) is 8.01. The predicted molar refractivity (Wildman–Crippen MR) is 51.8 cm³/mol. The largest absolute Gasteiger partial charge is 0.449 e. The SMILES string of the molecule is CNCC(=O)OC1C(=O)C(=O)O[C@@H]1[C@@H](O)CO. The Hall–Kier alpha value is -1.51. The molecule has 1 heterocycles. The van der Waals surface area contributed by atoms with Crippen molar-refractivity contribution >= 4 is 17.7 Å². The lowest BCUT2D eigenvalue weighted by molar-refractivity contribution is -0.159. The molecule has 1 rings (SSSR count). The molecule has 96 valence electrons. The number of aliphatic hydroxyl groups is 2. The quantitative estimate of drug-likeness (QED) is 0.346. The number of rotatable bonds is 5. The van der Waals surface area contributed by atoms with Crippen molar-refractivity contribution in [2.24, 2.45) is 0 Å². The minimum absolute atomic E-state index is 0.153. The first-order valence-electron chi connectivity index (χ1n) is 4.89. The van der Waals surface area contributed by atoms with Crippen LogP contribution in [0.2, 0.25) is 0 Å². The summed E-state index contributed by atoms with van der Waals surface area (Å²) in [5.41, 5.74) is 0. The zero-order valence-corrected chi connectivity index (χ0v) is 9.08. The zero-order chi connectivity index (χ0) is 13.0. The van der Waals surface area contributed by atoms with E-state index >= 15 is 0 Å². The molecule has 1 unspecified atom stereocenters. The van der Waals surface area contributed by atoms with Gasteiger partial charge in [-0.3, -0.25) is 9.59 Å². The lowest BCUT2D eigenvalue weighted by Crippen LogP contribution is -2.43. The molecule has 0 aromatic carbocycles. The van der Waals surface area contributed by atoms with Crippen LogP contribution in [-0.4, -0.2) is 66.4 Å². The fourth-order valence-corrected chi connectivity index (χ4v) is 1.34. The van der Waals surface area contributed by atoms with Crippen LogP contribution in [0, 0.1) is 0 Å². The molecule has 1 saturated heterocycles. The summed E-state index contributed by atoms with van der Waals surface area (Å²) in [5.74, 6) is -3.00. The maximum Gasteiger partial charge on any atom is 0.379 e. The van der Waals surface area contributed by atoms with Gasteiger partial charge in [-0.1, -0.05) is 0 Å². The zero-order valence-electron chi connectivity index (χ0n) is 9.08. The van der Waals surface area contributed by atoms with Gasteiger partial charge in [0.15, 0.2) is 6.10 Å². The molecule has 0 aromatic heterocycles. The first-order valence-corrected chi connectivity index (χ1v) is 4.89. The molecule has 0 amide bonds. The van der Waals surface area contributed by atoms with Crippen LogP contribution in [0.4, 0.5) is 0 Å². The molecule has 1 fully saturated rings. The van der Waals surface area contributed by atoms with Crippen molar-refractivity contribution in [3.63, 3.8) is 0 Å². The van der Waals surface area contributed by atoms with E-state index in [0.717, 1.165) is 0 Å². The van der Waals surface area contributed by atoms with E-state index in [0.29, 0.717) is 0 Å². The van der Waals surface area contributed by atoms with Crippen LogP contribution in [0.3, 0.4) is 0 Å². The molecule has 17 heavy (non-hydrogen) atoms. The first kappa shape index (κ1) is 13.6. The molecular formula is C9H13NO7. The van der Waals surface area contributed by atoms with Gasteiger partial charge in [0.05, 0.1) is 13.2 Å². The van der Waals surface area contributed by atoms with E-state index in [9.17, 15) is 19.5 Å². The van der Waals surface area contributed by atoms with Gasteiger partial charge < -0.3 is 25.0 Å². The van der Waals surface area contributed by atoms with E-state index in [2.05, 4.69) is 10.1 Å². The lowest BCUT2D eigenvalue weighted by atomic mass is 10.1. The van der Waals surface area contributed by atoms with Gasteiger partial charge in [-0.05, 0) is 7.05 Å². The topological polar surface area (TPSA) is 122 Å². The van der Waals surface area contributed by atoms with Gasteiger partial charge in [0.1, 0.15) is 6.10 Å². The average Bonchev–Trinajstić information content (AvgIpc) is 2.57. The second-order valence-corrected chi connectivity index (χ2v) is 3.42. The van der Waals surface area contributed by atoms with E-state index in [4.69, 9.17) is 9.84 Å². The van der Waals surface area contributed by atoms with Crippen molar-refractivity contribution < 1.29 is 34.1 Å². The Morgan fingerprint density at radius 3 is 2.76 bits per heavy atom. The molecule has 0 bridgehead atoms. The third kappa shape index (κ3) is 2.99. The Labute approximate surface area is 96.5 Å². The van der Waals surface area contributed by atoms with Gasteiger partial charge in [0.2, 0.25) is 6.10 Å². The number of hydrogen-bond acceptors (Lipinski definition) is 8. The molecule has 0 spiro atoms. The summed E-state index contributed by atoms with van der Waals surface area (Å²) < 4.78 is 9.22. The maximum absolute atomic E-state index is 11.3. The predicted octanol–water partition coefficient (Wildman–Crippen LogP) is -3.03. The number of carbonyl (C=O) groups is 3. The van der Waals surface area contributed by atoms with E-state index in [1.807, 2.05) is 0 Å². The second kappa shape index (κ2) is 5.71. The fourth-order valence-electron chi connectivity index (χ4n) is 1.34. The van der Waals surface area contributed by atoms with Crippen LogP contribution in [0.5, 0.6) is 0 Å². The molecule has 3 atom stereocenters. The molecule has 3 N–H and O–H groups in total. The van der Waals surface area contributed by atoms with Crippen LogP contribution < -0.4 is 5.32 Å². The Morgan fingerprint density at radius 1 is 1.59 bits per heavy atom. The van der Waals surface area contributed by atoms with Gasteiger partial charge in [0.25, 0.3) is 5.78 Å². The lowest BCUT2D eigenvalue weighted by Gasteiger charge is -2.20. The minimum atomic E-state index is -1.51. The van der Waals surface area contributed by atoms with Gasteiger partial charge in [-0.25, -0.2) is 4.79 Å². The summed E-state index contributed by atoms with van der Waals surface area (Å²) >= 11 is 0. The highest BCUT2D eigenvalue weighted by Crippen LogP contribution is 2.18. The summed E-state index contributed by atoms with van der Waals surface area (Å²) in [6, 6.07) is 0. The van der Waals surface area contributed by atoms with Gasteiger partial charge in [-0.15, -0.1) is 0 Å². The van der Waals surface area contributed by atoms with Crippen molar-refractivity contribution in [2.45, 2.75) is 18.3 Å². The number of aliphatic hydroxyl groups excluding tert-OH is 2. The monoisotopic (exact) mass is 247 g/mol. The highest BCUT2D eigenvalue weighted by molar-refractivity contribution is 6.37.